The molecule has 9 nitrogen and oxygen atoms in total. The summed E-state index contributed by atoms with van der Waals surface area (Å²) in [6.45, 7) is 2.75. The number of likely N-dealkylation sites (N-methyl/N-ethyl adjacent to an activating group) is 1. The van der Waals surface area contributed by atoms with E-state index >= 15 is 0 Å². The number of benzene rings is 3. The maximum absolute atomic E-state index is 12.6. The van der Waals surface area contributed by atoms with E-state index in [0.717, 1.165) is 0 Å². The van der Waals surface area contributed by atoms with Gasteiger partial charge in [-0.15, -0.1) is 5.06 Å². The number of hydroxylamine groups is 2. The molecule has 0 amide bonds. The zero-order valence-corrected chi connectivity index (χ0v) is 22.9. The van der Waals surface area contributed by atoms with E-state index in [2.05, 4.69) is 0 Å². The van der Waals surface area contributed by atoms with Crippen molar-refractivity contribution in [3.8, 4) is 28.7 Å². The van der Waals surface area contributed by atoms with Crippen molar-refractivity contribution in [3.63, 3.8) is 0 Å². The minimum Gasteiger partial charge on any atom is -0.497 e. The van der Waals surface area contributed by atoms with Crippen molar-refractivity contribution in [1.29, 1.82) is 0 Å². The number of esters is 1. The number of nitrogens with zero attached hydrogens (tertiary/aromatic N) is 1. The van der Waals surface area contributed by atoms with Crippen molar-refractivity contribution in [2.24, 2.45) is 0 Å². The third-order valence-electron chi connectivity index (χ3n) is 5.82. The van der Waals surface area contributed by atoms with E-state index in [-0.39, 0.29) is 13.2 Å². The van der Waals surface area contributed by atoms with Gasteiger partial charge in [0.1, 0.15) is 30.0 Å². The molecule has 1 unspecified atom stereocenters. The number of para-hydroxylation sites is 2. The minimum atomic E-state index is -0.813. The predicted octanol–water partition coefficient (Wildman–Crippen LogP) is 4.48. The van der Waals surface area contributed by atoms with Gasteiger partial charge in [-0.3, -0.25) is 0 Å². The fraction of sp³-hybridized carbons (Fsp3) is 0.300. The van der Waals surface area contributed by atoms with Gasteiger partial charge in [-0.2, -0.15) is 0 Å². The predicted molar refractivity (Wildman–Crippen MR) is 148 cm³/mol. The van der Waals surface area contributed by atoms with Crippen LogP contribution in [0.3, 0.4) is 0 Å². The van der Waals surface area contributed by atoms with Gasteiger partial charge in [-0.25, -0.2) is 4.79 Å². The Bertz CT molecular complexity index is 1240. The Kier molecular flexibility index (Phi) is 11.0. The molecule has 0 fully saturated rings. The van der Waals surface area contributed by atoms with Crippen molar-refractivity contribution >= 4 is 17.6 Å². The van der Waals surface area contributed by atoms with Crippen molar-refractivity contribution in [1.82, 2.24) is 5.06 Å². The van der Waals surface area contributed by atoms with Gasteiger partial charge in [-0.1, -0.05) is 24.3 Å². The highest BCUT2D eigenvalue weighted by molar-refractivity contribution is 6.21. The first-order valence-corrected chi connectivity index (χ1v) is 12.4. The molecule has 0 aliphatic carbocycles. The van der Waals surface area contributed by atoms with E-state index in [1.165, 1.54) is 7.11 Å². The molecule has 0 radical (unpaired) electrons. The lowest BCUT2D eigenvalue weighted by Crippen LogP contribution is -2.37. The molecule has 0 bridgehead atoms. The summed E-state index contributed by atoms with van der Waals surface area (Å²) in [7, 11) is 6.03. The number of aliphatic hydroxyl groups is 1. The molecule has 9 heteroatoms. The van der Waals surface area contributed by atoms with Gasteiger partial charge in [0, 0.05) is 18.2 Å². The molecular formula is C30H35NO8. The van der Waals surface area contributed by atoms with Gasteiger partial charge < -0.3 is 33.6 Å². The lowest BCUT2D eigenvalue weighted by molar-refractivity contribution is -0.133. The third kappa shape index (κ3) is 8.13. The molecule has 0 saturated carbocycles. The Labute approximate surface area is 229 Å². The SMILES string of the molecule is CCN(CC(O)COc1ccc(/C(=C/c2ccc(OC)cc2OC)C(=O)OC)cc1)Oc1ccccc1OC. The second-order valence-corrected chi connectivity index (χ2v) is 8.37. The highest BCUT2D eigenvalue weighted by atomic mass is 16.7. The lowest BCUT2D eigenvalue weighted by atomic mass is 10.0. The van der Waals surface area contributed by atoms with Crippen molar-refractivity contribution < 1.29 is 38.4 Å². The number of ether oxygens (including phenoxy) is 5. The van der Waals surface area contributed by atoms with Crippen LogP contribution < -0.4 is 23.8 Å². The van der Waals surface area contributed by atoms with Crippen LogP contribution in [0.5, 0.6) is 28.7 Å². The van der Waals surface area contributed by atoms with E-state index < -0.39 is 12.1 Å². The van der Waals surface area contributed by atoms with Crippen LogP contribution in [0, 0.1) is 0 Å². The molecule has 3 rings (SSSR count). The molecular weight excluding hydrogens is 502 g/mol. The van der Waals surface area contributed by atoms with Crippen LogP contribution in [-0.4, -0.2) is 70.4 Å². The topological polar surface area (TPSA) is 95.9 Å². The normalized spacial score (nSPS) is 12.0. The first-order valence-electron chi connectivity index (χ1n) is 12.4. The first kappa shape index (κ1) is 29.3. The molecule has 0 saturated heterocycles. The van der Waals surface area contributed by atoms with Crippen molar-refractivity contribution in [2.75, 3.05) is 48.1 Å². The number of carbonyl (C=O) groups excluding carboxylic acids is 1. The molecule has 39 heavy (non-hydrogen) atoms. The van der Waals surface area contributed by atoms with E-state index in [9.17, 15) is 9.90 Å². The summed E-state index contributed by atoms with van der Waals surface area (Å²) in [5.41, 5.74) is 1.67. The van der Waals surface area contributed by atoms with Crippen LogP contribution >= 0.6 is 0 Å². The summed E-state index contributed by atoms with van der Waals surface area (Å²) in [6, 6.07) is 19.6. The summed E-state index contributed by atoms with van der Waals surface area (Å²) in [5, 5.41) is 12.2. The van der Waals surface area contributed by atoms with E-state index in [1.807, 2.05) is 19.1 Å². The number of aliphatic hydroxyl groups excluding tert-OH is 1. The highest BCUT2D eigenvalue weighted by Gasteiger charge is 2.17. The average molecular weight is 538 g/mol. The van der Waals surface area contributed by atoms with Gasteiger partial charge >= 0.3 is 5.97 Å². The zero-order chi connectivity index (χ0) is 28.2. The third-order valence-corrected chi connectivity index (χ3v) is 5.82. The smallest absolute Gasteiger partial charge is 0.338 e. The Morgan fingerprint density at radius 3 is 2.15 bits per heavy atom. The van der Waals surface area contributed by atoms with Crippen LogP contribution in [0.1, 0.15) is 18.1 Å². The summed E-state index contributed by atoms with van der Waals surface area (Å²) < 4.78 is 26.8. The Hall–Kier alpha value is -4.21. The second kappa shape index (κ2) is 14.7. The number of hydrogen-bond acceptors (Lipinski definition) is 9. The fourth-order valence-electron chi connectivity index (χ4n) is 3.74. The van der Waals surface area contributed by atoms with Crippen LogP contribution in [0.15, 0.2) is 66.7 Å². The lowest BCUT2D eigenvalue weighted by Gasteiger charge is -2.24. The molecule has 0 aliphatic rings. The standard InChI is InChI=1S/C30H35NO8/c1-6-31(39-28-10-8-7-9-27(28)35-3)19-23(32)20-38-24-14-11-21(12-15-24)26(30(33)37-5)17-22-13-16-25(34-2)18-29(22)36-4/h7-18,23,32H,6,19-20H2,1-5H3/b26-17-. The van der Waals surface area contributed by atoms with Crippen molar-refractivity contribution in [2.45, 2.75) is 13.0 Å². The van der Waals surface area contributed by atoms with Crippen molar-refractivity contribution in [3.05, 3.63) is 77.9 Å². The number of rotatable bonds is 14. The number of hydrogen-bond donors (Lipinski definition) is 1. The molecule has 1 atom stereocenters. The van der Waals surface area contributed by atoms with Crippen LogP contribution in [0.2, 0.25) is 0 Å². The largest absolute Gasteiger partial charge is 0.497 e. The van der Waals surface area contributed by atoms with Gasteiger partial charge in [-0.05, 0) is 55.0 Å². The monoisotopic (exact) mass is 537 g/mol. The summed E-state index contributed by atoms with van der Waals surface area (Å²) in [6.07, 6.45) is 0.887. The van der Waals surface area contributed by atoms with Gasteiger partial charge in [0.2, 0.25) is 0 Å². The maximum Gasteiger partial charge on any atom is 0.338 e. The minimum absolute atomic E-state index is 0.0495. The molecule has 0 aliphatic heterocycles. The van der Waals surface area contributed by atoms with E-state index in [0.29, 0.717) is 52.0 Å². The molecule has 208 valence electrons. The van der Waals surface area contributed by atoms with Crippen LogP contribution in [-0.2, 0) is 9.53 Å². The number of carbonyl (C=O) groups is 1. The maximum atomic E-state index is 12.6. The Balaban J connectivity index is 1.66. The second-order valence-electron chi connectivity index (χ2n) is 8.37. The summed E-state index contributed by atoms with van der Waals surface area (Å²) in [5.74, 6) is 2.41. The Morgan fingerprint density at radius 1 is 0.872 bits per heavy atom. The fourth-order valence-corrected chi connectivity index (χ4v) is 3.74. The molecule has 1 N–H and O–H groups in total. The van der Waals surface area contributed by atoms with Gasteiger partial charge in [0.05, 0.1) is 40.6 Å². The average Bonchev–Trinajstić information content (AvgIpc) is 2.98. The van der Waals surface area contributed by atoms with E-state index in [4.69, 9.17) is 28.5 Å². The molecule has 0 heterocycles. The molecule has 3 aromatic rings. The highest BCUT2D eigenvalue weighted by Crippen LogP contribution is 2.30. The summed E-state index contributed by atoms with van der Waals surface area (Å²) in [4.78, 5) is 18.5. The van der Waals surface area contributed by atoms with Crippen LogP contribution in [0.4, 0.5) is 0 Å². The zero-order valence-electron chi connectivity index (χ0n) is 22.9. The first-order chi connectivity index (χ1) is 18.9. The number of methoxy groups -OCH3 is 4. The van der Waals surface area contributed by atoms with Gasteiger partial charge in [0.25, 0.3) is 0 Å². The van der Waals surface area contributed by atoms with E-state index in [1.54, 1.807) is 87.1 Å². The molecule has 3 aromatic carbocycles. The molecule has 0 spiro atoms. The van der Waals surface area contributed by atoms with Crippen LogP contribution in [0.25, 0.3) is 11.6 Å². The molecule has 0 aromatic heterocycles. The quantitative estimate of drug-likeness (QED) is 0.138. The van der Waals surface area contributed by atoms with Gasteiger partial charge in [0.15, 0.2) is 11.5 Å². The summed E-state index contributed by atoms with van der Waals surface area (Å²) >= 11 is 0. The Morgan fingerprint density at radius 2 is 1.54 bits per heavy atom.